The molecule has 7 heteroatoms. The topological polar surface area (TPSA) is 118 Å². The lowest BCUT2D eigenvalue weighted by Crippen LogP contribution is -2.36. The van der Waals surface area contributed by atoms with E-state index in [1.807, 2.05) is 0 Å². The highest BCUT2D eigenvalue weighted by atomic mass is 32.2. The van der Waals surface area contributed by atoms with Gasteiger partial charge in [-0.15, -0.1) is 0 Å². The molecular formula is C12H19N3O3S. The van der Waals surface area contributed by atoms with E-state index in [9.17, 15) is 13.5 Å². The van der Waals surface area contributed by atoms with Crippen molar-refractivity contribution in [1.82, 2.24) is 0 Å². The molecule has 0 spiro atoms. The molecule has 0 saturated heterocycles. The van der Waals surface area contributed by atoms with Crippen molar-refractivity contribution < 1.29 is 13.5 Å². The average molecular weight is 285 g/mol. The zero-order valence-corrected chi connectivity index (χ0v) is 11.4. The predicted molar refractivity (Wildman–Crippen MR) is 74.1 cm³/mol. The van der Waals surface area contributed by atoms with Crippen LogP contribution < -0.4 is 16.2 Å². The quantitative estimate of drug-likeness (QED) is 0.607. The fourth-order valence-corrected chi connectivity index (χ4v) is 2.86. The molecule has 1 aliphatic carbocycles. The highest BCUT2D eigenvalue weighted by molar-refractivity contribution is 7.89. The number of nitrogens with one attached hydrogen (secondary N) is 1. The first-order valence-corrected chi connectivity index (χ1v) is 7.79. The molecule has 0 radical (unpaired) electrons. The number of primary sulfonamides is 1. The Labute approximate surface area is 112 Å². The Morgan fingerprint density at radius 1 is 1.26 bits per heavy atom. The summed E-state index contributed by atoms with van der Waals surface area (Å²) in [4.78, 5) is 0.00880. The second kappa shape index (κ2) is 5.36. The first kappa shape index (κ1) is 14.1. The van der Waals surface area contributed by atoms with Crippen molar-refractivity contribution in [3.8, 4) is 0 Å². The zero-order valence-electron chi connectivity index (χ0n) is 10.5. The SMILES string of the molecule is Nc1ccc(S(N)(=O)=O)cc1NC1CCCCC1O. The summed E-state index contributed by atoms with van der Waals surface area (Å²) in [5.74, 6) is 0. The molecule has 0 bridgehead atoms. The molecule has 0 aliphatic heterocycles. The van der Waals surface area contributed by atoms with Crippen LogP contribution in [0.5, 0.6) is 0 Å². The van der Waals surface area contributed by atoms with Gasteiger partial charge in [0.15, 0.2) is 0 Å². The molecule has 0 amide bonds. The number of anilines is 2. The highest BCUT2D eigenvalue weighted by Gasteiger charge is 2.23. The van der Waals surface area contributed by atoms with Gasteiger partial charge in [0.1, 0.15) is 0 Å². The number of nitrogen functional groups attached to an aromatic ring is 1. The Hall–Kier alpha value is -1.31. The minimum atomic E-state index is -3.75. The largest absolute Gasteiger partial charge is 0.397 e. The van der Waals surface area contributed by atoms with Gasteiger partial charge in [0.25, 0.3) is 0 Å². The fourth-order valence-electron chi connectivity index (χ4n) is 2.32. The summed E-state index contributed by atoms with van der Waals surface area (Å²) in [6.07, 6.45) is 3.17. The minimum Gasteiger partial charge on any atom is -0.397 e. The Morgan fingerprint density at radius 2 is 1.95 bits per heavy atom. The van der Waals surface area contributed by atoms with Gasteiger partial charge in [0.05, 0.1) is 28.4 Å². The van der Waals surface area contributed by atoms with Gasteiger partial charge in [-0.05, 0) is 31.0 Å². The Morgan fingerprint density at radius 3 is 2.58 bits per heavy atom. The molecule has 1 saturated carbocycles. The van der Waals surface area contributed by atoms with E-state index < -0.39 is 16.1 Å². The monoisotopic (exact) mass is 285 g/mol. The van der Waals surface area contributed by atoms with Crippen LogP contribution in [0, 0.1) is 0 Å². The molecular weight excluding hydrogens is 266 g/mol. The van der Waals surface area contributed by atoms with Crippen LogP contribution in [-0.2, 0) is 10.0 Å². The molecule has 0 heterocycles. The van der Waals surface area contributed by atoms with Crippen molar-refractivity contribution in [3.05, 3.63) is 18.2 Å². The molecule has 106 valence electrons. The Kier molecular flexibility index (Phi) is 3.98. The molecule has 2 rings (SSSR count). The van der Waals surface area contributed by atoms with E-state index in [0.717, 1.165) is 25.7 Å². The Bertz CT molecular complexity index is 559. The molecule has 6 nitrogen and oxygen atoms in total. The van der Waals surface area contributed by atoms with Gasteiger partial charge in [0.2, 0.25) is 10.0 Å². The van der Waals surface area contributed by atoms with Crippen molar-refractivity contribution in [3.63, 3.8) is 0 Å². The second-order valence-electron chi connectivity index (χ2n) is 4.90. The first-order chi connectivity index (χ1) is 8.88. The van der Waals surface area contributed by atoms with Crippen LogP contribution in [0.25, 0.3) is 0 Å². The Balaban J connectivity index is 2.24. The van der Waals surface area contributed by atoms with E-state index in [1.165, 1.54) is 18.2 Å². The van der Waals surface area contributed by atoms with Crippen LogP contribution in [0.2, 0.25) is 0 Å². The maximum absolute atomic E-state index is 11.3. The van der Waals surface area contributed by atoms with E-state index in [2.05, 4.69) is 5.32 Å². The van der Waals surface area contributed by atoms with Crippen molar-refractivity contribution in [2.24, 2.45) is 5.14 Å². The van der Waals surface area contributed by atoms with E-state index in [-0.39, 0.29) is 10.9 Å². The molecule has 1 fully saturated rings. The number of sulfonamides is 1. The lowest BCUT2D eigenvalue weighted by atomic mass is 9.92. The third kappa shape index (κ3) is 3.37. The van der Waals surface area contributed by atoms with Crippen LogP contribution in [0.1, 0.15) is 25.7 Å². The van der Waals surface area contributed by atoms with E-state index in [0.29, 0.717) is 11.4 Å². The lowest BCUT2D eigenvalue weighted by Gasteiger charge is -2.29. The summed E-state index contributed by atoms with van der Waals surface area (Å²) in [6.45, 7) is 0. The van der Waals surface area contributed by atoms with Gasteiger partial charge in [-0.3, -0.25) is 0 Å². The summed E-state index contributed by atoms with van der Waals surface area (Å²) in [5, 5.41) is 18.1. The average Bonchev–Trinajstić information content (AvgIpc) is 2.33. The van der Waals surface area contributed by atoms with Crippen molar-refractivity contribution in [2.75, 3.05) is 11.1 Å². The van der Waals surface area contributed by atoms with Gasteiger partial charge >= 0.3 is 0 Å². The van der Waals surface area contributed by atoms with Crippen LogP contribution in [0.4, 0.5) is 11.4 Å². The number of hydrogen-bond acceptors (Lipinski definition) is 5. The van der Waals surface area contributed by atoms with Gasteiger partial charge in [-0.2, -0.15) is 0 Å². The van der Waals surface area contributed by atoms with Crippen molar-refractivity contribution >= 4 is 21.4 Å². The highest BCUT2D eigenvalue weighted by Crippen LogP contribution is 2.27. The number of benzene rings is 1. The molecule has 6 N–H and O–H groups in total. The molecule has 2 unspecified atom stereocenters. The maximum atomic E-state index is 11.3. The molecule has 1 aromatic rings. The third-order valence-corrected chi connectivity index (χ3v) is 4.33. The summed E-state index contributed by atoms with van der Waals surface area (Å²) < 4.78 is 22.6. The number of aliphatic hydroxyl groups is 1. The van der Waals surface area contributed by atoms with Gasteiger partial charge in [-0.1, -0.05) is 12.8 Å². The van der Waals surface area contributed by atoms with Gasteiger partial charge in [-0.25, -0.2) is 13.6 Å². The van der Waals surface area contributed by atoms with E-state index >= 15 is 0 Å². The van der Waals surface area contributed by atoms with Crippen LogP contribution in [0.3, 0.4) is 0 Å². The molecule has 1 aliphatic rings. The second-order valence-corrected chi connectivity index (χ2v) is 6.46. The normalized spacial score (nSPS) is 24.1. The summed E-state index contributed by atoms with van der Waals surface area (Å²) >= 11 is 0. The maximum Gasteiger partial charge on any atom is 0.238 e. The van der Waals surface area contributed by atoms with Crippen molar-refractivity contribution in [1.29, 1.82) is 0 Å². The standard InChI is InChI=1S/C12H19N3O3S/c13-9-6-5-8(19(14,17)18)7-11(9)15-10-3-1-2-4-12(10)16/h5-7,10,12,15-16H,1-4,13H2,(H2,14,17,18). The summed E-state index contributed by atoms with van der Waals surface area (Å²) in [5.41, 5.74) is 6.75. The van der Waals surface area contributed by atoms with Crippen molar-refractivity contribution in [2.45, 2.75) is 42.7 Å². The number of hydrogen-bond donors (Lipinski definition) is 4. The summed E-state index contributed by atoms with van der Waals surface area (Å²) in [7, 11) is -3.75. The van der Waals surface area contributed by atoms with Crippen LogP contribution in [0.15, 0.2) is 23.1 Å². The minimum absolute atomic E-state index is 0.00880. The third-order valence-electron chi connectivity index (χ3n) is 3.42. The molecule has 19 heavy (non-hydrogen) atoms. The summed E-state index contributed by atoms with van der Waals surface area (Å²) in [6, 6.07) is 4.17. The molecule has 2 atom stereocenters. The first-order valence-electron chi connectivity index (χ1n) is 6.25. The predicted octanol–water partition coefficient (Wildman–Crippen LogP) is 0.632. The van der Waals surface area contributed by atoms with Crippen LogP contribution in [-0.4, -0.2) is 25.7 Å². The lowest BCUT2D eigenvalue weighted by molar-refractivity contribution is 0.116. The number of nitrogens with two attached hydrogens (primary N) is 2. The van der Waals surface area contributed by atoms with Gasteiger partial charge in [0, 0.05) is 0 Å². The fraction of sp³-hybridized carbons (Fsp3) is 0.500. The molecule has 1 aromatic carbocycles. The van der Waals surface area contributed by atoms with E-state index in [4.69, 9.17) is 10.9 Å². The van der Waals surface area contributed by atoms with E-state index in [1.54, 1.807) is 0 Å². The molecule has 0 aromatic heterocycles. The number of aliphatic hydroxyl groups excluding tert-OH is 1. The zero-order chi connectivity index (χ0) is 14.0. The number of rotatable bonds is 3. The van der Waals surface area contributed by atoms with Crippen LogP contribution >= 0.6 is 0 Å². The smallest absolute Gasteiger partial charge is 0.238 e. The van der Waals surface area contributed by atoms with Gasteiger partial charge < -0.3 is 16.2 Å².